The monoisotopic (exact) mass is 275 g/mol. The normalized spacial score (nSPS) is 19.1. The second-order valence-electron chi connectivity index (χ2n) is 4.08. The van der Waals surface area contributed by atoms with Crippen molar-refractivity contribution in [1.29, 1.82) is 0 Å². The van der Waals surface area contributed by atoms with Crippen molar-refractivity contribution in [3.63, 3.8) is 0 Å². The minimum atomic E-state index is -0.945. The molecule has 0 spiro atoms. The van der Waals surface area contributed by atoms with E-state index in [0.29, 0.717) is 19.5 Å². The van der Waals surface area contributed by atoms with Crippen molar-refractivity contribution in [2.75, 3.05) is 19.0 Å². The quantitative estimate of drug-likeness (QED) is 0.792. The Balaban J connectivity index is 1.95. The molecule has 1 unspecified atom stereocenters. The number of hydrogen-bond donors (Lipinski definition) is 0. The lowest BCUT2D eigenvalue weighted by atomic mass is 10.3. The summed E-state index contributed by atoms with van der Waals surface area (Å²) in [5, 5.41) is 0. The highest BCUT2D eigenvalue weighted by atomic mass is 35.5. The van der Waals surface area contributed by atoms with Crippen LogP contribution < -0.4 is 4.74 Å². The zero-order valence-electron chi connectivity index (χ0n) is 9.54. The van der Waals surface area contributed by atoms with Crippen LogP contribution in [0.25, 0.3) is 0 Å². The number of carbonyl (C=O) groups excluding carboxylic acids is 1. The predicted octanol–water partition coefficient (Wildman–Crippen LogP) is 2.18. The summed E-state index contributed by atoms with van der Waals surface area (Å²) in [7, 11) is 0. The average molecular weight is 276 g/mol. The van der Waals surface area contributed by atoms with Gasteiger partial charge in [-0.05, 0) is 12.1 Å². The summed E-state index contributed by atoms with van der Waals surface area (Å²) in [6.45, 7) is 0.991. The van der Waals surface area contributed by atoms with Crippen molar-refractivity contribution < 1.29 is 18.3 Å². The standard InChI is InChI=1S/C12H12ClF2NO2/c13-6-12(17)16-4-3-9(7-16)18-8-1-2-10(14)11(15)5-8/h1-2,5,9H,3-4,6-7H2. The first-order valence-electron chi connectivity index (χ1n) is 5.55. The van der Waals surface area contributed by atoms with E-state index < -0.39 is 11.6 Å². The summed E-state index contributed by atoms with van der Waals surface area (Å²) in [6.07, 6.45) is 0.448. The number of nitrogens with zero attached hydrogens (tertiary/aromatic N) is 1. The molecule has 1 aliphatic heterocycles. The lowest BCUT2D eigenvalue weighted by molar-refractivity contribution is -0.127. The molecule has 98 valence electrons. The van der Waals surface area contributed by atoms with E-state index >= 15 is 0 Å². The van der Waals surface area contributed by atoms with E-state index in [1.807, 2.05) is 0 Å². The fourth-order valence-corrected chi connectivity index (χ4v) is 2.05. The average Bonchev–Trinajstić information content (AvgIpc) is 2.81. The maximum absolute atomic E-state index is 13.0. The summed E-state index contributed by atoms with van der Waals surface area (Å²) >= 11 is 5.45. The summed E-state index contributed by atoms with van der Waals surface area (Å²) < 4.78 is 31.2. The van der Waals surface area contributed by atoms with Crippen LogP contribution in [0.2, 0.25) is 0 Å². The molecule has 18 heavy (non-hydrogen) atoms. The van der Waals surface area contributed by atoms with E-state index in [2.05, 4.69) is 0 Å². The fraction of sp³-hybridized carbons (Fsp3) is 0.417. The number of alkyl halides is 1. The highest BCUT2D eigenvalue weighted by molar-refractivity contribution is 6.27. The summed E-state index contributed by atoms with van der Waals surface area (Å²) in [5.41, 5.74) is 0. The van der Waals surface area contributed by atoms with Crippen molar-refractivity contribution in [2.24, 2.45) is 0 Å². The van der Waals surface area contributed by atoms with Gasteiger partial charge in [-0.1, -0.05) is 0 Å². The first kappa shape index (κ1) is 13.1. The van der Waals surface area contributed by atoms with E-state index in [1.54, 1.807) is 4.90 Å². The third-order valence-electron chi connectivity index (χ3n) is 2.81. The zero-order chi connectivity index (χ0) is 13.1. The Morgan fingerprint density at radius 1 is 1.44 bits per heavy atom. The van der Waals surface area contributed by atoms with Gasteiger partial charge in [0.05, 0.1) is 6.54 Å². The number of halogens is 3. The first-order chi connectivity index (χ1) is 8.60. The molecule has 2 rings (SSSR count). The molecule has 0 bridgehead atoms. The minimum absolute atomic E-state index is 0.0576. The van der Waals surface area contributed by atoms with Crippen LogP contribution in [0.3, 0.4) is 0 Å². The van der Waals surface area contributed by atoms with Gasteiger partial charge in [0, 0.05) is 19.0 Å². The van der Waals surface area contributed by atoms with E-state index in [-0.39, 0.29) is 23.6 Å². The molecule has 0 aromatic heterocycles. The van der Waals surface area contributed by atoms with Gasteiger partial charge in [-0.15, -0.1) is 11.6 Å². The van der Waals surface area contributed by atoms with E-state index in [9.17, 15) is 13.6 Å². The Morgan fingerprint density at radius 3 is 2.89 bits per heavy atom. The molecule has 0 aliphatic carbocycles. The Hall–Kier alpha value is -1.36. The number of likely N-dealkylation sites (tertiary alicyclic amines) is 1. The molecule has 3 nitrogen and oxygen atoms in total. The molecule has 1 saturated heterocycles. The van der Waals surface area contributed by atoms with Crippen molar-refractivity contribution in [3.8, 4) is 5.75 Å². The molecule has 6 heteroatoms. The molecule has 0 N–H and O–H groups in total. The molecule has 1 amide bonds. The predicted molar refractivity (Wildman–Crippen MR) is 62.7 cm³/mol. The van der Waals surface area contributed by atoms with Gasteiger partial charge in [0.15, 0.2) is 11.6 Å². The summed E-state index contributed by atoms with van der Waals surface area (Å²) in [5.74, 6) is -1.79. The van der Waals surface area contributed by atoms with Crippen molar-refractivity contribution in [2.45, 2.75) is 12.5 Å². The molecule has 1 aliphatic rings. The van der Waals surface area contributed by atoms with Gasteiger partial charge in [0.2, 0.25) is 5.91 Å². The van der Waals surface area contributed by atoms with Crippen LogP contribution in [0, 0.1) is 11.6 Å². The van der Waals surface area contributed by atoms with Crippen LogP contribution in [-0.4, -0.2) is 35.9 Å². The number of carbonyl (C=O) groups is 1. The zero-order valence-corrected chi connectivity index (χ0v) is 10.3. The Kier molecular flexibility index (Phi) is 4.01. The number of amides is 1. The molecular weight excluding hydrogens is 264 g/mol. The van der Waals surface area contributed by atoms with Crippen LogP contribution in [0.4, 0.5) is 8.78 Å². The number of hydrogen-bond acceptors (Lipinski definition) is 2. The highest BCUT2D eigenvalue weighted by Gasteiger charge is 2.27. The number of rotatable bonds is 3. The van der Waals surface area contributed by atoms with Crippen LogP contribution in [0.1, 0.15) is 6.42 Å². The van der Waals surface area contributed by atoms with Gasteiger partial charge in [0.1, 0.15) is 17.7 Å². The Morgan fingerprint density at radius 2 is 2.22 bits per heavy atom. The van der Waals surface area contributed by atoms with Gasteiger partial charge >= 0.3 is 0 Å². The van der Waals surface area contributed by atoms with Gasteiger partial charge in [-0.2, -0.15) is 0 Å². The largest absolute Gasteiger partial charge is 0.488 e. The fourth-order valence-electron chi connectivity index (χ4n) is 1.88. The Bertz CT molecular complexity index is 456. The third kappa shape index (κ3) is 2.90. The van der Waals surface area contributed by atoms with Gasteiger partial charge < -0.3 is 9.64 Å². The Labute approximate surface area is 108 Å². The maximum atomic E-state index is 13.0. The van der Waals surface area contributed by atoms with E-state index in [4.69, 9.17) is 16.3 Å². The topological polar surface area (TPSA) is 29.5 Å². The van der Waals surface area contributed by atoms with Gasteiger partial charge in [-0.3, -0.25) is 4.79 Å². The van der Waals surface area contributed by atoms with E-state index in [0.717, 1.165) is 12.1 Å². The van der Waals surface area contributed by atoms with Crippen LogP contribution in [0.15, 0.2) is 18.2 Å². The molecule has 0 radical (unpaired) electrons. The second kappa shape index (κ2) is 5.52. The SMILES string of the molecule is O=C(CCl)N1CCC(Oc2ccc(F)c(F)c2)C1. The second-order valence-corrected chi connectivity index (χ2v) is 4.35. The molecule has 0 saturated carbocycles. The summed E-state index contributed by atoms with van der Waals surface area (Å²) in [6, 6.07) is 3.38. The third-order valence-corrected chi connectivity index (χ3v) is 3.03. The number of benzene rings is 1. The van der Waals surface area contributed by atoms with Crippen molar-refractivity contribution in [3.05, 3.63) is 29.8 Å². The van der Waals surface area contributed by atoms with Gasteiger partial charge in [-0.25, -0.2) is 8.78 Å². The minimum Gasteiger partial charge on any atom is -0.488 e. The van der Waals surface area contributed by atoms with Crippen molar-refractivity contribution in [1.82, 2.24) is 4.90 Å². The van der Waals surface area contributed by atoms with Crippen molar-refractivity contribution >= 4 is 17.5 Å². The maximum Gasteiger partial charge on any atom is 0.237 e. The lowest BCUT2D eigenvalue weighted by Crippen LogP contribution is -2.31. The van der Waals surface area contributed by atoms with Crippen LogP contribution in [-0.2, 0) is 4.79 Å². The number of ether oxygens (including phenoxy) is 1. The molecular formula is C12H12ClF2NO2. The smallest absolute Gasteiger partial charge is 0.237 e. The van der Waals surface area contributed by atoms with E-state index in [1.165, 1.54) is 6.07 Å². The highest BCUT2D eigenvalue weighted by Crippen LogP contribution is 2.20. The van der Waals surface area contributed by atoms with Crippen LogP contribution >= 0.6 is 11.6 Å². The first-order valence-corrected chi connectivity index (χ1v) is 6.09. The molecule has 1 aromatic rings. The van der Waals surface area contributed by atoms with Gasteiger partial charge in [0.25, 0.3) is 0 Å². The molecule has 1 atom stereocenters. The molecule has 1 heterocycles. The van der Waals surface area contributed by atoms with Crippen LogP contribution in [0.5, 0.6) is 5.75 Å². The summed E-state index contributed by atoms with van der Waals surface area (Å²) in [4.78, 5) is 12.9. The molecule has 1 fully saturated rings. The molecule has 1 aromatic carbocycles. The lowest BCUT2D eigenvalue weighted by Gasteiger charge is -2.16.